The van der Waals surface area contributed by atoms with Gasteiger partial charge in [-0.15, -0.1) is 0 Å². The molecule has 0 unspecified atom stereocenters. The van der Waals surface area contributed by atoms with Crippen LogP contribution in [0.3, 0.4) is 0 Å². The first-order chi connectivity index (χ1) is 12.2. The molecule has 3 rings (SSSR count). The zero-order valence-corrected chi connectivity index (χ0v) is 14.1. The molecule has 1 aromatic heterocycles. The van der Waals surface area contributed by atoms with Crippen LogP contribution in [-0.4, -0.2) is 41.8 Å². The smallest absolute Gasteiger partial charge is 0.315 e. The molecule has 132 valence electrons. The minimum atomic E-state index is -0.696. The van der Waals surface area contributed by atoms with Gasteiger partial charge in [-0.25, -0.2) is 9.78 Å². The van der Waals surface area contributed by atoms with Crippen molar-refractivity contribution in [3.63, 3.8) is 0 Å². The lowest BCUT2D eigenvalue weighted by Crippen LogP contribution is -2.48. The number of rotatable bonds is 5. The molecular weight excluding hydrogens is 316 g/mol. The largest absolute Gasteiger partial charge is 0.387 e. The Morgan fingerprint density at radius 3 is 2.56 bits per heavy atom. The van der Waals surface area contributed by atoms with Crippen molar-refractivity contribution in [1.29, 1.82) is 0 Å². The first-order valence-corrected chi connectivity index (χ1v) is 8.66. The Labute approximate surface area is 147 Å². The van der Waals surface area contributed by atoms with Crippen molar-refractivity contribution in [3.05, 3.63) is 60.3 Å². The third-order valence-electron chi connectivity index (χ3n) is 4.44. The fourth-order valence-corrected chi connectivity index (χ4v) is 3.01. The van der Waals surface area contributed by atoms with E-state index in [1.54, 1.807) is 6.20 Å². The molecule has 0 spiro atoms. The van der Waals surface area contributed by atoms with Crippen molar-refractivity contribution in [2.75, 3.05) is 24.5 Å². The Bertz CT molecular complexity index is 658. The average Bonchev–Trinajstić information content (AvgIpc) is 2.68. The van der Waals surface area contributed by atoms with Crippen LogP contribution in [-0.2, 0) is 0 Å². The number of urea groups is 1. The molecule has 2 aromatic rings. The van der Waals surface area contributed by atoms with E-state index in [0.717, 1.165) is 37.3 Å². The molecule has 1 fully saturated rings. The van der Waals surface area contributed by atoms with E-state index in [1.807, 2.05) is 48.5 Å². The summed E-state index contributed by atoms with van der Waals surface area (Å²) in [5, 5.41) is 15.8. The number of aliphatic hydroxyl groups is 1. The second-order valence-electron chi connectivity index (χ2n) is 6.23. The van der Waals surface area contributed by atoms with Gasteiger partial charge in [-0.05, 0) is 30.5 Å². The maximum Gasteiger partial charge on any atom is 0.315 e. The van der Waals surface area contributed by atoms with Crippen molar-refractivity contribution in [3.8, 4) is 0 Å². The molecule has 1 aliphatic heterocycles. The van der Waals surface area contributed by atoms with E-state index < -0.39 is 6.10 Å². The standard InChI is InChI=1S/C19H24N4O2/c24-17(15-6-2-1-3-7-15)14-21-19(25)22-16-9-12-23(13-10-16)18-8-4-5-11-20-18/h1-8,11,16-17,24H,9-10,12-14H2,(H2,21,22,25)/t17-/m1/s1. The highest BCUT2D eigenvalue weighted by Crippen LogP contribution is 2.17. The number of carbonyl (C=O) groups is 1. The minimum absolute atomic E-state index is 0.147. The molecule has 25 heavy (non-hydrogen) atoms. The Hall–Kier alpha value is -2.60. The summed E-state index contributed by atoms with van der Waals surface area (Å²) in [6.07, 6.45) is 2.86. The number of pyridine rings is 1. The summed E-state index contributed by atoms with van der Waals surface area (Å²) >= 11 is 0. The average molecular weight is 340 g/mol. The molecule has 3 N–H and O–H groups in total. The predicted octanol–water partition coefficient (Wildman–Crippen LogP) is 2.08. The number of piperidine rings is 1. The van der Waals surface area contributed by atoms with Crippen LogP contribution in [0.15, 0.2) is 54.7 Å². The van der Waals surface area contributed by atoms with Crippen LogP contribution in [0.2, 0.25) is 0 Å². The summed E-state index contributed by atoms with van der Waals surface area (Å²) in [6.45, 7) is 1.94. The highest BCUT2D eigenvalue weighted by atomic mass is 16.3. The van der Waals surface area contributed by atoms with Gasteiger partial charge in [-0.3, -0.25) is 0 Å². The van der Waals surface area contributed by atoms with Crippen molar-refractivity contribution >= 4 is 11.8 Å². The number of nitrogens with one attached hydrogen (secondary N) is 2. The number of hydrogen-bond donors (Lipinski definition) is 3. The van der Waals surface area contributed by atoms with E-state index in [1.165, 1.54) is 0 Å². The Morgan fingerprint density at radius 1 is 1.16 bits per heavy atom. The van der Waals surface area contributed by atoms with Gasteiger partial charge in [-0.2, -0.15) is 0 Å². The first kappa shape index (κ1) is 17.2. The molecule has 0 saturated carbocycles. The molecule has 1 atom stereocenters. The number of anilines is 1. The maximum atomic E-state index is 12.0. The molecule has 1 aromatic carbocycles. The maximum absolute atomic E-state index is 12.0. The van der Waals surface area contributed by atoms with Crippen LogP contribution >= 0.6 is 0 Å². The Kier molecular flexibility index (Phi) is 5.85. The quantitative estimate of drug-likeness (QED) is 0.779. The van der Waals surface area contributed by atoms with Gasteiger partial charge in [0.2, 0.25) is 0 Å². The number of hydrogen-bond acceptors (Lipinski definition) is 4. The van der Waals surface area contributed by atoms with E-state index >= 15 is 0 Å². The number of aromatic nitrogens is 1. The summed E-state index contributed by atoms with van der Waals surface area (Å²) in [6, 6.07) is 15.1. The van der Waals surface area contributed by atoms with Gasteiger partial charge in [0.25, 0.3) is 0 Å². The number of nitrogens with zero attached hydrogens (tertiary/aromatic N) is 2. The first-order valence-electron chi connectivity index (χ1n) is 8.66. The molecule has 0 aliphatic carbocycles. The summed E-state index contributed by atoms with van der Waals surface area (Å²) in [7, 11) is 0. The SMILES string of the molecule is O=C(NC[C@@H](O)c1ccccc1)NC1CCN(c2ccccn2)CC1. The summed E-state index contributed by atoms with van der Waals surface area (Å²) in [4.78, 5) is 18.6. The predicted molar refractivity (Wildman–Crippen MR) is 97.4 cm³/mol. The zero-order chi connectivity index (χ0) is 17.5. The van der Waals surface area contributed by atoms with Crippen LogP contribution in [0.4, 0.5) is 10.6 Å². The number of benzene rings is 1. The lowest BCUT2D eigenvalue weighted by atomic mass is 10.1. The monoisotopic (exact) mass is 340 g/mol. The lowest BCUT2D eigenvalue weighted by Gasteiger charge is -2.33. The second-order valence-corrected chi connectivity index (χ2v) is 6.23. The van der Waals surface area contributed by atoms with Gasteiger partial charge in [0.05, 0.1) is 6.10 Å². The third-order valence-corrected chi connectivity index (χ3v) is 4.44. The fraction of sp³-hybridized carbons (Fsp3) is 0.368. The molecule has 1 saturated heterocycles. The zero-order valence-electron chi connectivity index (χ0n) is 14.1. The van der Waals surface area contributed by atoms with E-state index in [0.29, 0.717) is 0 Å². The molecular formula is C19H24N4O2. The molecule has 0 bridgehead atoms. The normalized spacial score (nSPS) is 16.3. The van der Waals surface area contributed by atoms with Crippen molar-refractivity contribution in [1.82, 2.24) is 15.6 Å². The minimum Gasteiger partial charge on any atom is -0.387 e. The van der Waals surface area contributed by atoms with Gasteiger partial charge in [0, 0.05) is 31.9 Å². The van der Waals surface area contributed by atoms with E-state index in [9.17, 15) is 9.90 Å². The third kappa shape index (κ3) is 4.93. The fourth-order valence-electron chi connectivity index (χ4n) is 3.01. The van der Waals surface area contributed by atoms with Gasteiger partial charge in [-0.1, -0.05) is 36.4 Å². The molecule has 2 heterocycles. The highest BCUT2D eigenvalue weighted by molar-refractivity contribution is 5.74. The summed E-state index contributed by atoms with van der Waals surface area (Å²) in [5.41, 5.74) is 0.798. The molecule has 2 amide bonds. The van der Waals surface area contributed by atoms with Gasteiger partial charge in [0.15, 0.2) is 0 Å². The Morgan fingerprint density at radius 2 is 1.88 bits per heavy atom. The topological polar surface area (TPSA) is 77.5 Å². The van der Waals surface area contributed by atoms with Gasteiger partial charge in [0.1, 0.15) is 5.82 Å². The van der Waals surface area contributed by atoms with Gasteiger partial charge < -0.3 is 20.6 Å². The second kappa shape index (κ2) is 8.48. The van der Waals surface area contributed by atoms with Crippen molar-refractivity contribution in [2.45, 2.75) is 25.0 Å². The summed E-state index contributed by atoms with van der Waals surface area (Å²) in [5.74, 6) is 0.983. The van der Waals surface area contributed by atoms with Crippen LogP contribution in [0.25, 0.3) is 0 Å². The number of aliphatic hydroxyl groups excluding tert-OH is 1. The van der Waals surface area contributed by atoms with E-state index in [2.05, 4.69) is 20.5 Å². The number of amides is 2. The molecule has 0 radical (unpaired) electrons. The molecule has 6 nitrogen and oxygen atoms in total. The Balaban J connectivity index is 1.39. The summed E-state index contributed by atoms with van der Waals surface area (Å²) < 4.78 is 0. The van der Waals surface area contributed by atoms with Crippen LogP contribution < -0.4 is 15.5 Å². The highest BCUT2D eigenvalue weighted by Gasteiger charge is 2.21. The molecule has 1 aliphatic rings. The van der Waals surface area contributed by atoms with E-state index in [-0.39, 0.29) is 18.6 Å². The van der Waals surface area contributed by atoms with E-state index in [4.69, 9.17) is 0 Å². The number of carbonyl (C=O) groups excluding carboxylic acids is 1. The van der Waals surface area contributed by atoms with Crippen LogP contribution in [0.5, 0.6) is 0 Å². The van der Waals surface area contributed by atoms with Crippen molar-refractivity contribution < 1.29 is 9.90 Å². The van der Waals surface area contributed by atoms with Crippen LogP contribution in [0, 0.1) is 0 Å². The lowest BCUT2D eigenvalue weighted by molar-refractivity contribution is 0.172. The van der Waals surface area contributed by atoms with Gasteiger partial charge >= 0.3 is 6.03 Å². The molecule has 6 heteroatoms. The van der Waals surface area contributed by atoms with Crippen LogP contribution in [0.1, 0.15) is 24.5 Å². The van der Waals surface area contributed by atoms with Crippen molar-refractivity contribution in [2.24, 2.45) is 0 Å².